The normalized spacial score (nSPS) is 10.0. The largest absolute Gasteiger partial charge is 0.354 e. The van der Waals surface area contributed by atoms with Gasteiger partial charge < -0.3 is 16.0 Å². The van der Waals surface area contributed by atoms with Crippen LogP contribution in [0.5, 0.6) is 0 Å². The van der Waals surface area contributed by atoms with Crippen molar-refractivity contribution in [2.75, 3.05) is 16.0 Å². The van der Waals surface area contributed by atoms with Crippen molar-refractivity contribution in [3.8, 4) is 0 Å². The van der Waals surface area contributed by atoms with Crippen molar-refractivity contribution in [2.24, 2.45) is 0 Å². The number of carbonyl (C=O) groups excluding carboxylic acids is 2. The quantitative estimate of drug-likeness (QED) is 0.651. The second-order valence-electron chi connectivity index (χ2n) is 5.64. The van der Waals surface area contributed by atoms with Crippen LogP contribution in [0.1, 0.15) is 17.4 Å². The first-order valence-corrected chi connectivity index (χ1v) is 8.07. The summed E-state index contributed by atoms with van der Waals surface area (Å²) in [6.07, 6.45) is 1.60. The van der Waals surface area contributed by atoms with Crippen LogP contribution in [0, 0.1) is 0 Å². The number of benzene rings is 2. The topological polar surface area (TPSA) is 83.1 Å². The van der Waals surface area contributed by atoms with Gasteiger partial charge in [0, 0.05) is 24.0 Å². The molecule has 0 atom stereocenters. The fourth-order valence-electron chi connectivity index (χ4n) is 2.33. The van der Waals surface area contributed by atoms with Crippen LogP contribution in [0.3, 0.4) is 0 Å². The number of aromatic nitrogens is 1. The number of hydrogen-bond donors (Lipinski definition) is 3. The molecule has 0 fully saturated rings. The van der Waals surface area contributed by atoms with Crippen LogP contribution in [0.15, 0.2) is 72.9 Å². The molecule has 0 unspecified atom stereocenters. The van der Waals surface area contributed by atoms with E-state index in [1.54, 1.807) is 30.5 Å². The number of nitrogens with one attached hydrogen (secondary N) is 3. The van der Waals surface area contributed by atoms with Crippen molar-refractivity contribution in [1.29, 1.82) is 0 Å². The second-order valence-corrected chi connectivity index (χ2v) is 5.64. The zero-order chi connectivity index (χ0) is 18.4. The lowest BCUT2D eigenvalue weighted by molar-refractivity contribution is -0.114. The minimum absolute atomic E-state index is 0.112. The zero-order valence-electron chi connectivity index (χ0n) is 14.2. The maximum Gasteiger partial charge on any atom is 0.274 e. The van der Waals surface area contributed by atoms with Gasteiger partial charge in [-0.15, -0.1) is 0 Å². The molecule has 3 rings (SSSR count). The lowest BCUT2D eigenvalue weighted by atomic mass is 10.2. The highest BCUT2D eigenvalue weighted by Crippen LogP contribution is 2.19. The Balaban J connectivity index is 1.62. The Morgan fingerprint density at radius 2 is 1.35 bits per heavy atom. The molecule has 3 aromatic rings. The third-order valence-corrected chi connectivity index (χ3v) is 3.52. The summed E-state index contributed by atoms with van der Waals surface area (Å²) in [5, 5.41) is 8.70. The molecule has 2 amide bonds. The maximum absolute atomic E-state index is 12.2. The van der Waals surface area contributed by atoms with Gasteiger partial charge >= 0.3 is 0 Å². The number of pyridine rings is 1. The summed E-state index contributed by atoms with van der Waals surface area (Å²) < 4.78 is 0. The van der Waals surface area contributed by atoms with E-state index < -0.39 is 0 Å². The molecular weight excluding hydrogens is 328 g/mol. The Kier molecular flexibility index (Phi) is 5.24. The van der Waals surface area contributed by atoms with Crippen LogP contribution in [0.25, 0.3) is 0 Å². The van der Waals surface area contributed by atoms with Gasteiger partial charge in [0.15, 0.2) is 0 Å². The molecule has 130 valence electrons. The van der Waals surface area contributed by atoms with E-state index in [2.05, 4.69) is 20.9 Å². The molecule has 0 aliphatic rings. The number of hydrogen-bond acceptors (Lipinski definition) is 4. The van der Waals surface area contributed by atoms with Gasteiger partial charge in [0.05, 0.1) is 11.9 Å². The smallest absolute Gasteiger partial charge is 0.274 e. The lowest BCUT2D eigenvalue weighted by Gasteiger charge is -2.09. The third-order valence-electron chi connectivity index (χ3n) is 3.52. The highest BCUT2D eigenvalue weighted by Gasteiger charge is 2.07. The predicted octanol–water partition coefficient (Wildman–Crippen LogP) is 4.04. The first kappa shape index (κ1) is 17.2. The van der Waals surface area contributed by atoms with E-state index in [-0.39, 0.29) is 11.8 Å². The zero-order valence-corrected chi connectivity index (χ0v) is 14.2. The van der Waals surface area contributed by atoms with Crippen LogP contribution in [-0.2, 0) is 4.79 Å². The average molecular weight is 346 g/mol. The average Bonchev–Trinajstić information content (AvgIpc) is 2.64. The summed E-state index contributed by atoms with van der Waals surface area (Å²) in [6.45, 7) is 1.47. The Morgan fingerprint density at radius 1 is 0.731 bits per heavy atom. The number of carbonyl (C=O) groups is 2. The third kappa shape index (κ3) is 4.67. The molecule has 0 radical (unpaired) electrons. The van der Waals surface area contributed by atoms with E-state index in [1.165, 1.54) is 6.92 Å². The van der Waals surface area contributed by atoms with Crippen LogP contribution in [-0.4, -0.2) is 16.8 Å². The molecule has 0 saturated carbocycles. The van der Waals surface area contributed by atoms with Gasteiger partial charge in [-0.3, -0.25) is 9.59 Å². The Morgan fingerprint density at radius 3 is 1.96 bits per heavy atom. The van der Waals surface area contributed by atoms with E-state index in [4.69, 9.17) is 0 Å². The SMILES string of the molecule is CC(=O)Nc1ccc(Nc2ccc(C(=O)Nc3ccccc3)nc2)cc1. The number of anilines is 4. The van der Waals surface area contributed by atoms with E-state index >= 15 is 0 Å². The number of rotatable bonds is 5. The second kappa shape index (κ2) is 7.94. The van der Waals surface area contributed by atoms with Crippen molar-refractivity contribution in [3.63, 3.8) is 0 Å². The molecular formula is C20H18N4O2. The van der Waals surface area contributed by atoms with Crippen LogP contribution < -0.4 is 16.0 Å². The first-order valence-electron chi connectivity index (χ1n) is 8.07. The van der Waals surface area contributed by atoms with Gasteiger partial charge in [0.2, 0.25) is 5.91 Å². The minimum atomic E-state index is -0.262. The van der Waals surface area contributed by atoms with E-state index in [0.29, 0.717) is 5.69 Å². The monoisotopic (exact) mass is 346 g/mol. The molecule has 6 nitrogen and oxygen atoms in total. The van der Waals surface area contributed by atoms with Crippen LogP contribution in [0.4, 0.5) is 22.7 Å². The van der Waals surface area contributed by atoms with E-state index in [1.807, 2.05) is 42.5 Å². The lowest BCUT2D eigenvalue weighted by Crippen LogP contribution is -2.13. The van der Waals surface area contributed by atoms with Gasteiger partial charge in [-0.1, -0.05) is 18.2 Å². The van der Waals surface area contributed by atoms with Crippen molar-refractivity contribution >= 4 is 34.6 Å². The summed E-state index contributed by atoms with van der Waals surface area (Å²) in [6, 6.07) is 20.0. The molecule has 0 saturated heterocycles. The fourth-order valence-corrected chi connectivity index (χ4v) is 2.33. The summed E-state index contributed by atoms with van der Waals surface area (Å²) in [4.78, 5) is 27.4. The summed E-state index contributed by atoms with van der Waals surface area (Å²) in [5.41, 5.74) is 3.39. The maximum atomic E-state index is 12.2. The molecule has 0 spiro atoms. The molecule has 0 aliphatic heterocycles. The number of amides is 2. The Hall–Kier alpha value is -3.67. The standard InChI is InChI=1S/C20H18N4O2/c1-14(25)22-16-7-9-17(10-8-16)23-18-11-12-19(21-13-18)20(26)24-15-5-3-2-4-6-15/h2-13,23H,1H3,(H,22,25)(H,24,26). The number of nitrogens with zero attached hydrogens (tertiary/aromatic N) is 1. The van der Waals surface area contributed by atoms with Gasteiger partial charge in [0.25, 0.3) is 5.91 Å². The Labute approximate surface area is 151 Å². The minimum Gasteiger partial charge on any atom is -0.354 e. The van der Waals surface area contributed by atoms with Crippen molar-refractivity contribution in [1.82, 2.24) is 4.98 Å². The van der Waals surface area contributed by atoms with Gasteiger partial charge in [-0.2, -0.15) is 0 Å². The van der Waals surface area contributed by atoms with Gasteiger partial charge in [0.1, 0.15) is 5.69 Å². The van der Waals surface area contributed by atoms with Crippen LogP contribution >= 0.6 is 0 Å². The summed E-state index contributed by atoms with van der Waals surface area (Å²) >= 11 is 0. The fraction of sp³-hybridized carbons (Fsp3) is 0.0500. The molecule has 3 N–H and O–H groups in total. The molecule has 1 aromatic heterocycles. The molecule has 2 aromatic carbocycles. The van der Waals surface area contributed by atoms with E-state index in [9.17, 15) is 9.59 Å². The van der Waals surface area contributed by atoms with Gasteiger partial charge in [-0.05, 0) is 48.5 Å². The van der Waals surface area contributed by atoms with E-state index in [0.717, 1.165) is 22.7 Å². The number of para-hydroxylation sites is 1. The molecule has 0 aliphatic carbocycles. The van der Waals surface area contributed by atoms with Gasteiger partial charge in [-0.25, -0.2) is 4.98 Å². The van der Waals surface area contributed by atoms with Crippen molar-refractivity contribution in [3.05, 3.63) is 78.6 Å². The first-order chi connectivity index (χ1) is 12.6. The molecule has 26 heavy (non-hydrogen) atoms. The van der Waals surface area contributed by atoms with Crippen molar-refractivity contribution < 1.29 is 9.59 Å². The molecule has 6 heteroatoms. The van der Waals surface area contributed by atoms with Crippen molar-refractivity contribution in [2.45, 2.75) is 6.92 Å². The summed E-state index contributed by atoms with van der Waals surface area (Å²) in [7, 11) is 0. The van der Waals surface area contributed by atoms with Crippen LogP contribution in [0.2, 0.25) is 0 Å². The summed E-state index contributed by atoms with van der Waals surface area (Å²) in [5.74, 6) is -0.373. The molecule has 0 bridgehead atoms. The highest BCUT2D eigenvalue weighted by atomic mass is 16.2. The predicted molar refractivity (Wildman–Crippen MR) is 103 cm³/mol. The molecule has 1 heterocycles. The Bertz CT molecular complexity index is 891. The highest BCUT2D eigenvalue weighted by molar-refractivity contribution is 6.02.